The van der Waals surface area contributed by atoms with Crippen molar-refractivity contribution in [3.05, 3.63) is 18.0 Å². The summed E-state index contributed by atoms with van der Waals surface area (Å²) < 4.78 is 2.01. The molecule has 2 rings (SSSR count). The third-order valence-corrected chi connectivity index (χ3v) is 3.11. The smallest absolute Gasteiger partial charge is 0.108 e. The lowest BCUT2D eigenvalue weighted by molar-refractivity contribution is 0.163. The van der Waals surface area contributed by atoms with Crippen LogP contribution < -0.4 is 5.32 Å². The predicted molar refractivity (Wildman–Crippen MR) is 58.6 cm³/mol. The Morgan fingerprint density at radius 2 is 2.33 bits per heavy atom. The Morgan fingerprint density at radius 3 is 3.00 bits per heavy atom. The zero-order valence-corrected chi connectivity index (χ0v) is 9.19. The van der Waals surface area contributed by atoms with E-state index >= 15 is 0 Å². The standard InChI is InChI=1S/C11H19N3O/c1-12-8-11(15)10-6-7-13-14(10)9-4-2-3-5-9/h6-7,9,11-12,15H,2-5,8H2,1H3. The highest BCUT2D eigenvalue weighted by Crippen LogP contribution is 2.31. The summed E-state index contributed by atoms with van der Waals surface area (Å²) in [5, 5.41) is 17.2. The molecule has 1 aliphatic carbocycles. The first-order valence-corrected chi connectivity index (χ1v) is 5.69. The van der Waals surface area contributed by atoms with Gasteiger partial charge in [0.15, 0.2) is 0 Å². The fourth-order valence-corrected chi connectivity index (χ4v) is 2.34. The minimum Gasteiger partial charge on any atom is -0.385 e. The van der Waals surface area contributed by atoms with Crippen molar-refractivity contribution < 1.29 is 5.11 Å². The minimum absolute atomic E-state index is 0.446. The number of hydrogen-bond acceptors (Lipinski definition) is 3. The Kier molecular flexibility index (Phi) is 3.38. The first kappa shape index (κ1) is 10.6. The van der Waals surface area contributed by atoms with Gasteiger partial charge in [0.05, 0.1) is 11.7 Å². The van der Waals surface area contributed by atoms with Gasteiger partial charge in [-0.2, -0.15) is 5.10 Å². The molecule has 4 heteroatoms. The van der Waals surface area contributed by atoms with Gasteiger partial charge in [-0.1, -0.05) is 12.8 Å². The number of hydrogen-bond donors (Lipinski definition) is 2. The molecule has 0 aromatic carbocycles. The molecule has 4 nitrogen and oxygen atoms in total. The second-order valence-electron chi connectivity index (χ2n) is 4.21. The molecule has 1 heterocycles. The van der Waals surface area contributed by atoms with Crippen molar-refractivity contribution in [3.63, 3.8) is 0 Å². The fourth-order valence-electron chi connectivity index (χ4n) is 2.34. The van der Waals surface area contributed by atoms with E-state index in [1.807, 2.05) is 17.8 Å². The van der Waals surface area contributed by atoms with Crippen LogP contribution in [0.4, 0.5) is 0 Å². The van der Waals surface area contributed by atoms with Gasteiger partial charge in [-0.3, -0.25) is 4.68 Å². The van der Waals surface area contributed by atoms with Crippen LogP contribution in [0.2, 0.25) is 0 Å². The largest absolute Gasteiger partial charge is 0.385 e. The number of nitrogens with zero attached hydrogens (tertiary/aromatic N) is 2. The zero-order chi connectivity index (χ0) is 10.7. The SMILES string of the molecule is CNCC(O)c1ccnn1C1CCCC1. The summed E-state index contributed by atoms with van der Waals surface area (Å²) >= 11 is 0. The monoisotopic (exact) mass is 209 g/mol. The van der Waals surface area contributed by atoms with Crippen LogP contribution in [-0.2, 0) is 0 Å². The summed E-state index contributed by atoms with van der Waals surface area (Å²) in [4.78, 5) is 0. The minimum atomic E-state index is -0.446. The van der Waals surface area contributed by atoms with Gasteiger partial charge in [0.25, 0.3) is 0 Å². The Morgan fingerprint density at radius 1 is 1.60 bits per heavy atom. The van der Waals surface area contributed by atoms with Crippen LogP contribution in [0.3, 0.4) is 0 Å². The molecule has 0 saturated heterocycles. The highest BCUT2D eigenvalue weighted by atomic mass is 16.3. The normalized spacial score (nSPS) is 19.6. The first-order chi connectivity index (χ1) is 7.33. The summed E-state index contributed by atoms with van der Waals surface area (Å²) in [6.45, 7) is 0.582. The summed E-state index contributed by atoms with van der Waals surface area (Å²) in [7, 11) is 1.85. The van der Waals surface area contributed by atoms with Crippen molar-refractivity contribution in [3.8, 4) is 0 Å². The van der Waals surface area contributed by atoms with E-state index in [-0.39, 0.29) is 0 Å². The van der Waals surface area contributed by atoms with Crippen molar-refractivity contribution in [2.75, 3.05) is 13.6 Å². The average molecular weight is 209 g/mol. The average Bonchev–Trinajstić information content (AvgIpc) is 2.88. The van der Waals surface area contributed by atoms with Crippen molar-refractivity contribution in [2.45, 2.75) is 37.8 Å². The third-order valence-electron chi connectivity index (χ3n) is 3.11. The van der Waals surface area contributed by atoms with Gasteiger partial charge in [0.1, 0.15) is 6.10 Å². The van der Waals surface area contributed by atoms with Crippen LogP contribution in [0.1, 0.15) is 43.5 Å². The van der Waals surface area contributed by atoms with Crippen LogP contribution >= 0.6 is 0 Å². The summed E-state index contributed by atoms with van der Waals surface area (Å²) in [5.41, 5.74) is 0.941. The molecule has 0 radical (unpaired) electrons. The lowest BCUT2D eigenvalue weighted by Crippen LogP contribution is -2.21. The molecular formula is C11H19N3O. The highest BCUT2D eigenvalue weighted by Gasteiger charge is 2.22. The van der Waals surface area contributed by atoms with E-state index in [0.717, 1.165) is 5.69 Å². The molecule has 1 aliphatic rings. The van der Waals surface area contributed by atoms with Gasteiger partial charge >= 0.3 is 0 Å². The lowest BCUT2D eigenvalue weighted by atomic mass is 10.2. The quantitative estimate of drug-likeness (QED) is 0.784. The zero-order valence-electron chi connectivity index (χ0n) is 9.19. The Balaban J connectivity index is 2.13. The molecule has 15 heavy (non-hydrogen) atoms. The summed E-state index contributed by atoms with van der Waals surface area (Å²) in [6, 6.07) is 2.42. The molecule has 0 amide bonds. The van der Waals surface area contributed by atoms with Gasteiger partial charge in [-0.15, -0.1) is 0 Å². The van der Waals surface area contributed by atoms with Gasteiger partial charge in [0, 0.05) is 12.7 Å². The van der Waals surface area contributed by atoms with Crippen LogP contribution in [0.5, 0.6) is 0 Å². The second kappa shape index (κ2) is 4.77. The maximum absolute atomic E-state index is 9.93. The number of aliphatic hydroxyl groups is 1. The lowest BCUT2D eigenvalue weighted by Gasteiger charge is -2.17. The van der Waals surface area contributed by atoms with Crippen LogP contribution in [0.25, 0.3) is 0 Å². The first-order valence-electron chi connectivity index (χ1n) is 5.69. The number of aliphatic hydroxyl groups excluding tert-OH is 1. The van der Waals surface area contributed by atoms with Gasteiger partial charge in [0.2, 0.25) is 0 Å². The Hall–Kier alpha value is -0.870. The van der Waals surface area contributed by atoms with E-state index < -0.39 is 6.10 Å². The van der Waals surface area contributed by atoms with Crippen molar-refractivity contribution >= 4 is 0 Å². The summed E-state index contributed by atoms with van der Waals surface area (Å²) in [6.07, 6.45) is 6.30. The molecule has 1 fully saturated rings. The number of rotatable bonds is 4. The van der Waals surface area contributed by atoms with E-state index in [0.29, 0.717) is 12.6 Å². The molecular weight excluding hydrogens is 190 g/mol. The molecule has 1 unspecified atom stereocenters. The van der Waals surface area contributed by atoms with E-state index in [2.05, 4.69) is 10.4 Å². The fraction of sp³-hybridized carbons (Fsp3) is 0.727. The molecule has 84 valence electrons. The van der Waals surface area contributed by atoms with E-state index in [1.54, 1.807) is 6.20 Å². The van der Waals surface area contributed by atoms with E-state index in [1.165, 1.54) is 25.7 Å². The maximum atomic E-state index is 9.93. The molecule has 1 atom stereocenters. The number of aromatic nitrogens is 2. The molecule has 1 aromatic rings. The van der Waals surface area contributed by atoms with Crippen molar-refractivity contribution in [1.29, 1.82) is 0 Å². The third kappa shape index (κ3) is 2.21. The molecule has 2 N–H and O–H groups in total. The predicted octanol–water partition coefficient (Wildman–Crippen LogP) is 1.25. The number of likely N-dealkylation sites (N-methyl/N-ethyl adjacent to an activating group) is 1. The molecule has 0 aliphatic heterocycles. The Bertz CT molecular complexity index is 305. The van der Waals surface area contributed by atoms with Gasteiger partial charge in [-0.25, -0.2) is 0 Å². The van der Waals surface area contributed by atoms with Crippen LogP contribution in [0.15, 0.2) is 12.3 Å². The number of nitrogens with one attached hydrogen (secondary N) is 1. The van der Waals surface area contributed by atoms with Crippen molar-refractivity contribution in [1.82, 2.24) is 15.1 Å². The highest BCUT2D eigenvalue weighted by molar-refractivity contribution is 5.06. The molecule has 0 spiro atoms. The molecule has 1 aromatic heterocycles. The maximum Gasteiger partial charge on any atom is 0.108 e. The molecule has 0 bridgehead atoms. The van der Waals surface area contributed by atoms with E-state index in [9.17, 15) is 5.11 Å². The summed E-state index contributed by atoms with van der Waals surface area (Å²) in [5.74, 6) is 0. The van der Waals surface area contributed by atoms with Crippen molar-refractivity contribution in [2.24, 2.45) is 0 Å². The van der Waals surface area contributed by atoms with Gasteiger partial charge < -0.3 is 10.4 Å². The molecule has 1 saturated carbocycles. The van der Waals surface area contributed by atoms with Crippen LogP contribution in [-0.4, -0.2) is 28.5 Å². The van der Waals surface area contributed by atoms with E-state index in [4.69, 9.17) is 0 Å². The second-order valence-corrected chi connectivity index (χ2v) is 4.21. The van der Waals surface area contributed by atoms with Gasteiger partial charge in [-0.05, 0) is 26.0 Å². The Labute approximate surface area is 90.3 Å². The topological polar surface area (TPSA) is 50.1 Å². The van der Waals surface area contributed by atoms with Crippen LogP contribution in [0, 0.1) is 0 Å².